The lowest BCUT2D eigenvalue weighted by Gasteiger charge is -2.23. The summed E-state index contributed by atoms with van der Waals surface area (Å²) in [5, 5.41) is 6.81. The van der Waals surface area contributed by atoms with Gasteiger partial charge in [0.1, 0.15) is 12.4 Å². The molecule has 3 aromatic rings. The van der Waals surface area contributed by atoms with Crippen molar-refractivity contribution >= 4 is 27.6 Å². The van der Waals surface area contributed by atoms with Crippen molar-refractivity contribution in [3.8, 4) is 0 Å². The van der Waals surface area contributed by atoms with Gasteiger partial charge in [0.05, 0.1) is 4.90 Å². The monoisotopic (exact) mass is 492 g/mol. The summed E-state index contributed by atoms with van der Waals surface area (Å²) < 4.78 is 30.1. The van der Waals surface area contributed by atoms with Crippen molar-refractivity contribution in [3.63, 3.8) is 0 Å². The highest BCUT2D eigenvalue weighted by Crippen LogP contribution is 2.31. The molecule has 0 spiro atoms. The number of hydrogen-bond donors (Lipinski definition) is 2. The molecule has 0 radical (unpaired) electrons. The molecule has 35 heavy (non-hydrogen) atoms. The van der Waals surface area contributed by atoms with Crippen LogP contribution in [0.2, 0.25) is 0 Å². The number of carbonyl (C=O) groups is 1. The summed E-state index contributed by atoms with van der Waals surface area (Å²) in [6.07, 6.45) is 4.30. The molecular weight excluding hydrogens is 464 g/mol. The Labute approximate surface area is 205 Å². The van der Waals surface area contributed by atoms with Crippen molar-refractivity contribution in [1.82, 2.24) is 9.82 Å². The highest BCUT2D eigenvalue weighted by molar-refractivity contribution is 7.89. The number of benzene rings is 2. The number of nitrogens with zero attached hydrogens (tertiary/aromatic N) is 2. The first-order chi connectivity index (χ1) is 16.9. The van der Waals surface area contributed by atoms with Crippen LogP contribution in [0.25, 0.3) is 0 Å². The second-order valence-corrected chi connectivity index (χ2v) is 10.2. The molecule has 1 heterocycles. The smallest absolute Gasteiger partial charge is 0.413 e. The molecule has 4 rings (SSSR count). The van der Waals surface area contributed by atoms with E-state index in [-0.39, 0.29) is 11.5 Å². The molecule has 0 unspecified atom stereocenters. The van der Waals surface area contributed by atoms with E-state index in [0.717, 1.165) is 35.2 Å². The minimum absolute atomic E-state index is 0.192. The highest BCUT2D eigenvalue weighted by atomic mass is 32.2. The normalized spacial score (nSPS) is 15.8. The predicted molar refractivity (Wildman–Crippen MR) is 135 cm³/mol. The van der Waals surface area contributed by atoms with Gasteiger partial charge < -0.3 is 4.74 Å². The maximum absolute atomic E-state index is 12.4. The molecule has 2 aromatic carbocycles. The Kier molecular flexibility index (Phi) is 7.77. The Morgan fingerprint density at radius 3 is 2.40 bits per heavy atom. The van der Waals surface area contributed by atoms with Gasteiger partial charge in [-0.1, -0.05) is 54.1 Å². The van der Waals surface area contributed by atoms with Crippen molar-refractivity contribution in [2.45, 2.75) is 50.0 Å². The third-order valence-corrected chi connectivity index (χ3v) is 7.14. The van der Waals surface area contributed by atoms with Crippen LogP contribution < -0.4 is 10.1 Å². The lowest BCUT2D eigenvalue weighted by atomic mass is 9.84. The van der Waals surface area contributed by atoms with Gasteiger partial charge in [0, 0.05) is 11.9 Å². The predicted octanol–water partition coefficient (Wildman–Crippen LogP) is 5.13. The summed E-state index contributed by atoms with van der Waals surface area (Å²) in [4.78, 5) is 18.9. The average molecular weight is 493 g/mol. The first-order valence-corrected chi connectivity index (χ1v) is 12.9. The Bertz CT molecular complexity index is 1270. The standard InChI is InChI=1S/C26H28N4O4S/c1-19-7-14-24(15-8-19)35(32,33)30-29-23-12-9-21(10-13-23)22-11-16-25(27-17-22)28-26(31)34-18-20-5-3-2-4-6-20/h2-8,11,14-17,21,30H,9-10,12-13,18H2,1H3,(H,27,28,31). The third kappa shape index (κ3) is 6.89. The molecule has 1 aliphatic rings. The summed E-state index contributed by atoms with van der Waals surface area (Å²) in [5.74, 6) is 0.727. The first-order valence-electron chi connectivity index (χ1n) is 11.5. The molecular formula is C26H28N4O4S. The van der Waals surface area contributed by atoms with Crippen LogP contribution in [-0.4, -0.2) is 25.2 Å². The summed E-state index contributed by atoms with van der Waals surface area (Å²) in [6, 6.07) is 19.8. The fraction of sp³-hybridized carbons (Fsp3) is 0.269. The van der Waals surface area contributed by atoms with Gasteiger partial charge in [0.15, 0.2) is 0 Å². The van der Waals surface area contributed by atoms with E-state index in [4.69, 9.17) is 4.74 Å². The summed E-state index contributed by atoms with van der Waals surface area (Å²) in [7, 11) is -3.67. The lowest BCUT2D eigenvalue weighted by molar-refractivity contribution is 0.155. The number of sulfonamides is 1. The van der Waals surface area contributed by atoms with Crippen LogP contribution in [-0.2, 0) is 21.4 Å². The van der Waals surface area contributed by atoms with E-state index in [0.29, 0.717) is 24.6 Å². The molecule has 0 saturated heterocycles. The molecule has 2 N–H and O–H groups in total. The second-order valence-electron chi connectivity index (χ2n) is 8.52. The summed E-state index contributed by atoms with van der Waals surface area (Å²) in [6.45, 7) is 2.10. The van der Waals surface area contributed by atoms with Crippen molar-refractivity contribution < 1.29 is 17.9 Å². The number of rotatable bonds is 7. The average Bonchev–Trinajstić information content (AvgIpc) is 2.88. The SMILES string of the molecule is Cc1ccc(S(=O)(=O)NN=C2CCC(c3ccc(NC(=O)OCc4ccccc4)nc3)CC2)cc1. The fourth-order valence-electron chi connectivity index (χ4n) is 3.88. The third-order valence-electron chi connectivity index (χ3n) is 5.92. The largest absolute Gasteiger partial charge is 0.444 e. The molecule has 1 aliphatic carbocycles. The first kappa shape index (κ1) is 24.4. The highest BCUT2D eigenvalue weighted by Gasteiger charge is 2.21. The topological polar surface area (TPSA) is 110 Å². The number of hydrazone groups is 1. The molecule has 1 fully saturated rings. The zero-order valence-corrected chi connectivity index (χ0v) is 20.3. The van der Waals surface area contributed by atoms with Crippen molar-refractivity contribution in [1.29, 1.82) is 0 Å². The number of ether oxygens (including phenoxy) is 1. The van der Waals surface area contributed by atoms with Crippen molar-refractivity contribution in [3.05, 3.63) is 89.6 Å². The van der Waals surface area contributed by atoms with Crippen LogP contribution in [0.4, 0.5) is 10.6 Å². The molecule has 1 saturated carbocycles. The van der Waals surface area contributed by atoms with Gasteiger partial charge in [-0.2, -0.15) is 13.5 Å². The number of anilines is 1. The van der Waals surface area contributed by atoms with E-state index in [1.165, 1.54) is 0 Å². The van der Waals surface area contributed by atoms with Gasteiger partial charge in [-0.15, -0.1) is 0 Å². The molecule has 0 aliphatic heterocycles. The molecule has 9 heteroatoms. The quantitative estimate of drug-likeness (QED) is 0.444. The maximum Gasteiger partial charge on any atom is 0.413 e. The van der Waals surface area contributed by atoms with Crippen LogP contribution >= 0.6 is 0 Å². The van der Waals surface area contributed by atoms with Crippen LogP contribution in [0.1, 0.15) is 48.3 Å². The Morgan fingerprint density at radius 2 is 1.74 bits per heavy atom. The lowest BCUT2D eigenvalue weighted by Crippen LogP contribution is -2.22. The van der Waals surface area contributed by atoms with E-state index < -0.39 is 16.1 Å². The van der Waals surface area contributed by atoms with Gasteiger partial charge in [-0.05, 0) is 67.9 Å². The number of carbonyl (C=O) groups excluding carboxylic acids is 1. The number of pyridine rings is 1. The number of aryl methyl sites for hydroxylation is 1. The van der Waals surface area contributed by atoms with Crippen LogP contribution in [0.3, 0.4) is 0 Å². The number of aromatic nitrogens is 1. The van der Waals surface area contributed by atoms with E-state index in [1.54, 1.807) is 36.5 Å². The number of nitrogens with one attached hydrogen (secondary N) is 2. The van der Waals surface area contributed by atoms with Gasteiger partial charge in [0.25, 0.3) is 10.0 Å². The molecule has 0 atom stereocenters. The zero-order chi connectivity index (χ0) is 24.7. The fourth-order valence-corrected chi connectivity index (χ4v) is 4.72. The Balaban J connectivity index is 1.25. The van der Waals surface area contributed by atoms with Gasteiger partial charge >= 0.3 is 6.09 Å². The van der Waals surface area contributed by atoms with E-state index >= 15 is 0 Å². The zero-order valence-electron chi connectivity index (χ0n) is 19.5. The van der Waals surface area contributed by atoms with Crippen molar-refractivity contribution in [2.24, 2.45) is 5.10 Å². The second kappa shape index (κ2) is 11.1. The van der Waals surface area contributed by atoms with Crippen LogP contribution in [0.5, 0.6) is 0 Å². The van der Waals surface area contributed by atoms with E-state index in [1.807, 2.05) is 43.3 Å². The Morgan fingerprint density at radius 1 is 1.03 bits per heavy atom. The summed E-state index contributed by atoms with van der Waals surface area (Å²) >= 11 is 0. The van der Waals surface area contributed by atoms with E-state index in [2.05, 4.69) is 20.2 Å². The van der Waals surface area contributed by atoms with Crippen LogP contribution in [0, 0.1) is 6.92 Å². The minimum atomic E-state index is -3.67. The molecule has 8 nitrogen and oxygen atoms in total. The van der Waals surface area contributed by atoms with Crippen molar-refractivity contribution in [2.75, 3.05) is 5.32 Å². The molecule has 1 aromatic heterocycles. The summed E-state index contributed by atoms with van der Waals surface area (Å²) in [5.41, 5.74) is 3.82. The van der Waals surface area contributed by atoms with Gasteiger partial charge in [0.2, 0.25) is 0 Å². The molecule has 182 valence electrons. The molecule has 1 amide bonds. The van der Waals surface area contributed by atoms with Gasteiger partial charge in [-0.25, -0.2) is 14.6 Å². The number of amides is 1. The van der Waals surface area contributed by atoms with E-state index in [9.17, 15) is 13.2 Å². The maximum atomic E-state index is 12.4. The van der Waals surface area contributed by atoms with Crippen LogP contribution in [0.15, 0.2) is 82.9 Å². The Hall–Kier alpha value is -3.72. The number of hydrogen-bond acceptors (Lipinski definition) is 6. The minimum Gasteiger partial charge on any atom is -0.444 e. The molecule has 0 bridgehead atoms. The van der Waals surface area contributed by atoms with Gasteiger partial charge in [-0.3, -0.25) is 5.32 Å².